The average molecular weight is 460 g/mol. The SMILES string of the molecule is CCOc1cc(-c2ccc(N3CCC(OCCC#CCOC)CC3)nc2)c2c(C#N)cnn2c1. The van der Waals surface area contributed by atoms with Gasteiger partial charge in [0.1, 0.15) is 24.2 Å². The first-order valence-electron chi connectivity index (χ1n) is 11.6. The van der Waals surface area contributed by atoms with Crippen molar-refractivity contribution in [1.29, 1.82) is 5.26 Å². The molecule has 1 aliphatic rings. The topological polar surface area (TPSA) is 84.9 Å². The molecule has 0 amide bonds. The summed E-state index contributed by atoms with van der Waals surface area (Å²) < 4.78 is 18.3. The maximum absolute atomic E-state index is 9.53. The highest BCUT2D eigenvalue weighted by Gasteiger charge is 2.21. The van der Waals surface area contributed by atoms with Gasteiger partial charge in [-0.15, -0.1) is 0 Å². The average Bonchev–Trinajstić information content (AvgIpc) is 3.29. The molecule has 8 nitrogen and oxygen atoms in total. The van der Waals surface area contributed by atoms with Crippen molar-refractivity contribution in [3.63, 3.8) is 0 Å². The van der Waals surface area contributed by atoms with Crippen molar-refractivity contribution in [3.05, 3.63) is 42.4 Å². The highest BCUT2D eigenvalue weighted by molar-refractivity contribution is 5.85. The van der Waals surface area contributed by atoms with Gasteiger partial charge in [0.05, 0.1) is 42.8 Å². The number of fused-ring (bicyclic) bond motifs is 1. The van der Waals surface area contributed by atoms with E-state index in [1.807, 2.05) is 31.3 Å². The van der Waals surface area contributed by atoms with Crippen molar-refractivity contribution >= 4 is 11.3 Å². The smallest absolute Gasteiger partial charge is 0.138 e. The van der Waals surface area contributed by atoms with E-state index in [4.69, 9.17) is 19.2 Å². The second-order valence-corrected chi connectivity index (χ2v) is 7.98. The van der Waals surface area contributed by atoms with Crippen molar-refractivity contribution in [3.8, 4) is 34.8 Å². The Morgan fingerprint density at radius 3 is 2.74 bits per heavy atom. The van der Waals surface area contributed by atoms with Crippen LogP contribution in [0.25, 0.3) is 16.6 Å². The molecule has 1 saturated heterocycles. The van der Waals surface area contributed by atoms with Gasteiger partial charge in [-0.1, -0.05) is 11.8 Å². The largest absolute Gasteiger partial charge is 0.492 e. The lowest BCUT2D eigenvalue weighted by Gasteiger charge is -2.32. The number of nitrogens with zero attached hydrogens (tertiary/aromatic N) is 5. The Morgan fingerprint density at radius 2 is 2.03 bits per heavy atom. The van der Waals surface area contributed by atoms with E-state index >= 15 is 0 Å². The first-order chi connectivity index (χ1) is 16.7. The lowest BCUT2D eigenvalue weighted by molar-refractivity contribution is 0.0407. The summed E-state index contributed by atoms with van der Waals surface area (Å²) in [7, 11) is 1.64. The summed E-state index contributed by atoms with van der Waals surface area (Å²) in [5.74, 6) is 7.65. The maximum Gasteiger partial charge on any atom is 0.138 e. The molecule has 4 rings (SSSR count). The number of rotatable bonds is 8. The highest BCUT2D eigenvalue weighted by Crippen LogP contribution is 2.31. The fraction of sp³-hybridized carbons (Fsp3) is 0.423. The number of hydrogen-bond donors (Lipinski definition) is 0. The van der Waals surface area contributed by atoms with Crippen LogP contribution in [0.15, 0.2) is 36.8 Å². The van der Waals surface area contributed by atoms with Crippen LogP contribution >= 0.6 is 0 Å². The van der Waals surface area contributed by atoms with E-state index in [2.05, 4.69) is 27.9 Å². The molecule has 1 aliphatic heterocycles. The summed E-state index contributed by atoms with van der Waals surface area (Å²) in [6, 6.07) is 8.25. The molecule has 34 heavy (non-hydrogen) atoms. The molecule has 0 N–H and O–H groups in total. The first-order valence-corrected chi connectivity index (χ1v) is 11.6. The van der Waals surface area contributed by atoms with Crippen molar-refractivity contribution in [2.45, 2.75) is 32.3 Å². The maximum atomic E-state index is 9.53. The highest BCUT2D eigenvalue weighted by atomic mass is 16.5. The normalized spacial score (nSPS) is 14.0. The summed E-state index contributed by atoms with van der Waals surface area (Å²) in [5, 5.41) is 13.8. The zero-order valence-corrected chi connectivity index (χ0v) is 19.7. The minimum Gasteiger partial charge on any atom is -0.492 e. The quantitative estimate of drug-likeness (QED) is 0.375. The molecule has 8 heteroatoms. The van der Waals surface area contributed by atoms with Gasteiger partial charge >= 0.3 is 0 Å². The Labute approximate surface area is 200 Å². The lowest BCUT2D eigenvalue weighted by atomic mass is 10.0. The van der Waals surface area contributed by atoms with E-state index < -0.39 is 0 Å². The molecule has 3 aromatic heterocycles. The third kappa shape index (κ3) is 5.48. The van der Waals surface area contributed by atoms with Crippen LogP contribution in [0, 0.1) is 23.2 Å². The van der Waals surface area contributed by atoms with Gasteiger partial charge in [0.25, 0.3) is 0 Å². The van der Waals surface area contributed by atoms with Crippen LogP contribution in [0.3, 0.4) is 0 Å². The Kier molecular flexibility index (Phi) is 7.98. The molecule has 1 fully saturated rings. The summed E-state index contributed by atoms with van der Waals surface area (Å²) in [4.78, 5) is 7.02. The number of aromatic nitrogens is 3. The van der Waals surface area contributed by atoms with Gasteiger partial charge < -0.3 is 19.1 Å². The fourth-order valence-electron chi connectivity index (χ4n) is 4.12. The van der Waals surface area contributed by atoms with E-state index in [-0.39, 0.29) is 6.10 Å². The van der Waals surface area contributed by atoms with Crippen LogP contribution in [0.4, 0.5) is 5.82 Å². The van der Waals surface area contributed by atoms with Crippen LogP contribution in [0.5, 0.6) is 5.75 Å². The third-order valence-electron chi connectivity index (χ3n) is 5.77. The van der Waals surface area contributed by atoms with E-state index in [1.165, 1.54) is 0 Å². The number of methoxy groups -OCH3 is 1. The van der Waals surface area contributed by atoms with Crippen molar-refractivity contribution in [2.75, 3.05) is 44.9 Å². The van der Waals surface area contributed by atoms with Crippen molar-refractivity contribution in [2.24, 2.45) is 0 Å². The molecule has 0 spiro atoms. The minimum atomic E-state index is 0.264. The number of pyridine rings is 2. The Balaban J connectivity index is 1.42. The van der Waals surface area contributed by atoms with Crippen LogP contribution < -0.4 is 9.64 Å². The van der Waals surface area contributed by atoms with E-state index in [0.29, 0.717) is 31.1 Å². The van der Waals surface area contributed by atoms with Crippen LogP contribution in [-0.2, 0) is 9.47 Å². The van der Waals surface area contributed by atoms with Crippen LogP contribution in [0.1, 0.15) is 31.7 Å². The molecular weight excluding hydrogens is 430 g/mol. The molecule has 0 aromatic carbocycles. The van der Waals surface area contributed by atoms with Gasteiger partial charge in [-0.3, -0.25) is 0 Å². The van der Waals surface area contributed by atoms with E-state index in [0.717, 1.165) is 54.8 Å². The summed E-state index contributed by atoms with van der Waals surface area (Å²) in [5.41, 5.74) is 3.07. The monoisotopic (exact) mass is 459 g/mol. The third-order valence-corrected chi connectivity index (χ3v) is 5.77. The molecule has 0 atom stereocenters. The molecule has 4 heterocycles. The second kappa shape index (κ2) is 11.5. The second-order valence-electron chi connectivity index (χ2n) is 7.98. The van der Waals surface area contributed by atoms with Gasteiger partial charge in [-0.05, 0) is 38.0 Å². The fourth-order valence-corrected chi connectivity index (χ4v) is 4.12. The van der Waals surface area contributed by atoms with Crippen LogP contribution in [0.2, 0.25) is 0 Å². The number of nitriles is 1. The summed E-state index contributed by atoms with van der Waals surface area (Å²) >= 11 is 0. The number of hydrogen-bond acceptors (Lipinski definition) is 7. The number of piperidine rings is 1. The molecule has 0 aliphatic carbocycles. The molecule has 0 saturated carbocycles. The molecular formula is C26H29N5O3. The molecule has 0 unspecified atom stereocenters. The van der Waals surface area contributed by atoms with Crippen molar-refractivity contribution < 1.29 is 14.2 Å². The first kappa shape index (κ1) is 23.6. The van der Waals surface area contributed by atoms with Crippen molar-refractivity contribution in [1.82, 2.24) is 14.6 Å². The minimum absolute atomic E-state index is 0.264. The standard InChI is InChI=1S/C26H29N5O3/c1-3-33-23-15-24(26-21(16-27)18-29-31(26)19-23)20-7-8-25(28-17-20)30-11-9-22(10-12-30)34-14-6-4-5-13-32-2/h7-8,15,17-19,22H,3,6,9-14H2,1-2H3. The predicted octanol–water partition coefficient (Wildman–Crippen LogP) is 3.69. The number of anilines is 1. The van der Waals surface area contributed by atoms with Gasteiger partial charge in [0, 0.05) is 43.9 Å². The Morgan fingerprint density at radius 1 is 1.18 bits per heavy atom. The zero-order valence-electron chi connectivity index (χ0n) is 19.7. The van der Waals surface area contributed by atoms with Gasteiger partial charge in [0.15, 0.2) is 0 Å². The molecule has 3 aromatic rings. The van der Waals surface area contributed by atoms with Gasteiger partial charge in [0.2, 0.25) is 0 Å². The van der Waals surface area contributed by atoms with Crippen LogP contribution in [-0.4, -0.2) is 60.7 Å². The van der Waals surface area contributed by atoms with Gasteiger partial charge in [-0.25, -0.2) is 9.50 Å². The molecule has 0 bridgehead atoms. The Bertz CT molecular complexity index is 1200. The van der Waals surface area contributed by atoms with E-state index in [1.54, 1.807) is 24.0 Å². The summed E-state index contributed by atoms with van der Waals surface area (Å²) in [6.07, 6.45) is 8.16. The molecule has 0 radical (unpaired) electrons. The summed E-state index contributed by atoms with van der Waals surface area (Å²) in [6.45, 7) is 5.41. The number of ether oxygens (including phenoxy) is 3. The lowest BCUT2D eigenvalue weighted by Crippen LogP contribution is -2.37. The molecule has 176 valence electrons. The van der Waals surface area contributed by atoms with Gasteiger partial charge in [-0.2, -0.15) is 10.4 Å². The predicted molar refractivity (Wildman–Crippen MR) is 130 cm³/mol. The zero-order chi connectivity index (χ0) is 23.8. The van der Waals surface area contributed by atoms with E-state index in [9.17, 15) is 5.26 Å². The Hall–Kier alpha value is -3.59.